The number of hydrogen-bond donors (Lipinski definition) is 0. The largest absolute Gasteiger partial charge is 0.455 e. The normalized spacial score (nSPS) is 11.8. The molecule has 3 heteroatoms. The fourth-order valence-electron chi connectivity index (χ4n) is 8.09. The maximum Gasteiger partial charge on any atom is 0.143 e. The van der Waals surface area contributed by atoms with Crippen molar-refractivity contribution in [1.29, 1.82) is 0 Å². The number of aromatic nitrogens is 2. The van der Waals surface area contributed by atoms with Gasteiger partial charge in [-0.15, -0.1) is 0 Å². The summed E-state index contributed by atoms with van der Waals surface area (Å²) in [6.07, 6.45) is 1.92. The number of nitrogens with zero attached hydrogens (tertiary/aromatic N) is 2. The first-order valence-electron chi connectivity index (χ1n) is 18.0. The summed E-state index contributed by atoms with van der Waals surface area (Å²) in [5, 5.41) is 9.21. The Kier molecular flexibility index (Phi) is 6.55. The quantitative estimate of drug-likeness (QED) is 0.174. The SMILES string of the molecule is c1ccc(-c2ccc3c4ccc(-c5ccccc5)cc4c4nc(-c5ccc(-c6cc7ccccc7c7c6oc6ccccc67)cc5)cnc4c3c2)cc1. The van der Waals surface area contributed by atoms with Crippen molar-refractivity contribution in [3.63, 3.8) is 0 Å². The molecule has 0 radical (unpaired) electrons. The molecule has 0 fully saturated rings. The highest BCUT2D eigenvalue weighted by Gasteiger charge is 2.18. The summed E-state index contributed by atoms with van der Waals surface area (Å²) in [5.41, 5.74) is 12.3. The molecule has 0 atom stereocenters. The molecule has 0 aliphatic rings. The Balaban J connectivity index is 1.09. The maximum absolute atomic E-state index is 6.54. The Hall–Kier alpha value is -7.10. The maximum atomic E-state index is 6.54. The third kappa shape index (κ3) is 4.75. The van der Waals surface area contributed by atoms with Crippen LogP contribution in [0.2, 0.25) is 0 Å². The molecule has 0 amide bonds. The predicted molar refractivity (Wildman–Crippen MR) is 221 cm³/mol. The highest BCUT2D eigenvalue weighted by molar-refractivity contribution is 6.25. The molecule has 0 spiro atoms. The van der Waals surface area contributed by atoms with E-state index in [2.05, 4.69) is 164 Å². The topological polar surface area (TPSA) is 38.9 Å². The molecular weight excluding hydrogens is 645 g/mol. The van der Waals surface area contributed by atoms with Crippen molar-refractivity contribution in [3.8, 4) is 44.6 Å². The summed E-state index contributed by atoms with van der Waals surface area (Å²) in [7, 11) is 0. The molecule has 11 aromatic rings. The lowest BCUT2D eigenvalue weighted by atomic mass is 9.93. The van der Waals surface area contributed by atoms with Gasteiger partial charge in [-0.05, 0) is 73.6 Å². The molecule has 0 aliphatic carbocycles. The molecule has 11 rings (SSSR count). The molecule has 0 saturated heterocycles. The van der Waals surface area contributed by atoms with Gasteiger partial charge in [0.25, 0.3) is 0 Å². The lowest BCUT2D eigenvalue weighted by Crippen LogP contribution is -1.93. The van der Waals surface area contributed by atoms with Crippen LogP contribution in [0.1, 0.15) is 0 Å². The first-order valence-corrected chi connectivity index (χ1v) is 18.0. The minimum absolute atomic E-state index is 0.835. The van der Waals surface area contributed by atoms with E-state index in [9.17, 15) is 0 Å². The van der Waals surface area contributed by atoms with E-state index >= 15 is 0 Å². The van der Waals surface area contributed by atoms with Gasteiger partial charge in [-0.25, -0.2) is 4.98 Å². The molecule has 2 heterocycles. The zero-order valence-corrected chi connectivity index (χ0v) is 28.6. The van der Waals surface area contributed by atoms with Gasteiger partial charge in [0, 0.05) is 32.7 Å². The number of hydrogen-bond acceptors (Lipinski definition) is 3. The van der Waals surface area contributed by atoms with E-state index in [1.807, 2.05) is 18.3 Å². The van der Waals surface area contributed by atoms with Crippen molar-refractivity contribution in [2.45, 2.75) is 0 Å². The van der Waals surface area contributed by atoms with Crippen LogP contribution in [0.5, 0.6) is 0 Å². The van der Waals surface area contributed by atoms with Gasteiger partial charge in [0.15, 0.2) is 0 Å². The van der Waals surface area contributed by atoms with Crippen LogP contribution in [0, 0.1) is 0 Å². The van der Waals surface area contributed by atoms with Gasteiger partial charge in [0.1, 0.15) is 11.2 Å². The Morgan fingerprint density at radius 2 is 0.943 bits per heavy atom. The number of benzene rings is 9. The molecule has 0 unspecified atom stereocenters. The average Bonchev–Trinajstić information content (AvgIpc) is 3.64. The molecule has 53 heavy (non-hydrogen) atoms. The lowest BCUT2D eigenvalue weighted by molar-refractivity contribution is 0.670. The Morgan fingerprint density at radius 3 is 1.64 bits per heavy atom. The monoisotopic (exact) mass is 674 g/mol. The highest BCUT2D eigenvalue weighted by atomic mass is 16.3. The molecule has 246 valence electrons. The van der Waals surface area contributed by atoms with Gasteiger partial charge in [0.2, 0.25) is 0 Å². The molecule has 0 N–H and O–H groups in total. The second-order valence-electron chi connectivity index (χ2n) is 13.7. The fraction of sp³-hybridized carbons (Fsp3) is 0. The van der Waals surface area contributed by atoms with E-state index in [0.29, 0.717) is 0 Å². The van der Waals surface area contributed by atoms with E-state index in [4.69, 9.17) is 14.4 Å². The van der Waals surface area contributed by atoms with Crippen molar-refractivity contribution < 1.29 is 4.42 Å². The summed E-state index contributed by atoms with van der Waals surface area (Å²) in [4.78, 5) is 10.6. The van der Waals surface area contributed by atoms with Crippen LogP contribution >= 0.6 is 0 Å². The molecule has 0 bridgehead atoms. The van der Waals surface area contributed by atoms with Gasteiger partial charge >= 0.3 is 0 Å². The zero-order valence-electron chi connectivity index (χ0n) is 28.6. The number of para-hydroxylation sites is 1. The van der Waals surface area contributed by atoms with Crippen molar-refractivity contribution in [2.24, 2.45) is 0 Å². The van der Waals surface area contributed by atoms with Crippen molar-refractivity contribution in [2.75, 3.05) is 0 Å². The smallest absolute Gasteiger partial charge is 0.143 e. The van der Waals surface area contributed by atoms with E-state index in [-0.39, 0.29) is 0 Å². The summed E-state index contributed by atoms with van der Waals surface area (Å²) in [5.74, 6) is 0. The predicted octanol–water partition coefficient (Wildman–Crippen LogP) is 13.7. The Labute approximate surface area is 305 Å². The van der Waals surface area contributed by atoms with Crippen LogP contribution < -0.4 is 0 Å². The zero-order chi connectivity index (χ0) is 34.9. The molecule has 9 aromatic carbocycles. The molecule has 0 aliphatic heterocycles. The van der Waals surface area contributed by atoms with E-state index in [1.165, 1.54) is 32.7 Å². The molecule has 2 aromatic heterocycles. The summed E-state index contributed by atoms with van der Waals surface area (Å²) in [6, 6.07) is 62.3. The van der Waals surface area contributed by atoms with Gasteiger partial charge in [-0.1, -0.05) is 152 Å². The van der Waals surface area contributed by atoms with Crippen LogP contribution in [0.25, 0.3) is 110 Å². The van der Waals surface area contributed by atoms with Crippen LogP contribution in [-0.2, 0) is 0 Å². The number of furan rings is 1. The standard InChI is InChI=1S/C50H30N2O/c1-3-11-31(12-4-1)35-23-25-39-40-26-24-36(32-13-5-2-6-14-32)28-44(40)49-48(43(39)27-35)51-30-45(52-49)34-21-19-33(20-22-34)42-29-37-15-7-8-16-38(37)47-41-17-9-10-18-46(41)53-50(42)47/h1-30H. The number of fused-ring (bicyclic) bond motifs is 11. The van der Waals surface area contributed by atoms with Crippen molar-refractivity contribution >= 4 is 65.3 Å². The first-order chi connectivity index (χ1) is 26.3. The molecule has 3 nitrogen and oxygen atoms in total. The molecule has 0 saturated carbocycles. The highest BCUT2D eigenvalue weighted by Crippen LogP contribution is 2.42. The lowest BCUT2D eigenvalue weighted by Gasteiger charge is -2.14. The van der Waals surface area contributed by atoms with E-state index in [0.717, 1.165) is 77.3 Å². The van der Waals surface area contributed by atoms with E-state index < -0.39 is 0 Å². The van der Waals surface area contributed by atoms with Gasteiger partial charge in [-0.3, -0.25) is 4.98 Å². The van der Waals surface area contributed by atoms with Gasteiger partial charge in [-0.2, -0.15) is 0 Å². The summed E-state index contributed by atoms with van der Waals surface area (Å²) in [6.45, 7) is 0. The third-order valence-corrected chi connectivity index (χ3v) is 10.7. The van der Waals surface area contributed by atoms with Gasteiger partial charge in [0.05, 0.1) is 22.9 Å². The van der Waals surface area contributed by atoms with Crippen molar-refractivity contribution in [1.82, 2.24) is 9.97 Å². The third-order valence-electron chi connectivity index (χ3n) is 10.7. The molecular formula is C50H30N2O. The average molecular weight is 675 g/mol. The Bertz CT molecular complexity index is 3200. The van der Waals surface area contributed by atoms with Crippen molar-refractivity contribution in [3.05, 3.63) is 182 Å². The van der Waals surface area contributed by atoms with Gasteiger partial charge < -0.3 is 4.42 Å². The fourth-order valence-corrected chi connectivity index (χ4v) is 8.09. The first kappa shape index (κ1) is 29.6. The second-order valence-corrected chi connectivity index (χ2v) is 13.7. The van der Waals surface area contributed by atoms with Crippen LogP contribution in [0.3, 0.4) is 0 Å². The second kappa shape index (κ2) is 11.7. The van der Waals surface area contributed by atoms with E-state index in [1.54, 1.807) is 0 Å². The van der Waals surface area contributed by atoms with Crippen LogP contribution in [0.15, 0.2) is 187 Å². The van der Waals surface area contributed by atoms with Crippen LogP contribution in [0.4, 0.5) is 0 Å². The summed E-state index contributed by atoms with van der Waals surface area (Å²) < 4.78 is 6.54. The summed E-state index contributed by atoms with van der Waals surface area (Å²) >= 11 is 0. The minimum Gasteiger partial charge on any atom is -0.455 e. The van der Waals surface area contributed by atoms with Crippen LogP contribution in [-0.4, -0.2) is 9.97 Å². The minimum atomic E-state index is 0.835. The number of rotatable bonds is 4. The Morgan fingerprint density at radius 1 is 0.377 bits per heavy atom.